The molecule has 0 saturated carbocycles. The van der Waals surface area contributed by atoms with Gasteiger partial charge in [0, 0.05) is 12.5 Å². The van der Waals surface area contributed by atoms with Crippen LogP contribution in [-0.4, -0.2) is 17.5 Å². The SMILES string of the molecule is CCCC(=O)C1C(=O)C=C(C)OC1=O. The molecule has 76 valence electrons. The lowest BCUT2D eigenvalue weighted by Gasteiger charge is -2.16. The fourth-order valence-electron chi connectivity index (χ4n) is 1.33. The van der Waals surface area contributed by atoms with E-state index in [9.17, 15) is 14.4 Å². The predicted octanol–water partition coefficient (Wildman–Crippen LogP) is 1.00. The maximum Gasteiger partial charge on any atom is 0.329 e. The third kappa shape index (κ3) is 2.07. The van der Waals surface area contributed by atoms with Crippen molar-refractivity contribution in [2.75, 3.05) is 0 Å². The van der Waals surface area contributed by atoms with Crippen LogP contribution in [0.1, 0.15) is 26.7 Å². The molecule has 4 nitrogen and oxygen atoms in total. The number of esters is 1. The van der Waals surface area contributed by atoms with Crippen molar-refractivity contribution in [2.24, 2.45) is 5.92 Å². The Hall–Kier alpha value is -1.45. The van der Waals surface area contributed by atoms with E-state index < -0.39 is 17.7 Å². The summed E-state index contributed by atoms with van der Waals surface area (Å²) >= 11 is 0. The summed E-state index contributed by atoms with van der Waals surface area (Å²) in [5.74, 6) is -2.53. The Balaban J connectivity index is 2.84. The van der Waals surface area contributed by atoms with E-state index in [1.54, 1.807) is 0 Å². The van der Waals surface area contributed by atoms with Gasteiger partial charge >= 0.3 is 5.97 Å². The molecule has 0 amide bonds. The topological polar surface area (TPSA) is 60.4 Å². The van der Waals surface area contributed by atoms with Gasteiger partial charge in [0.15, 0.2) is 17.5 Å². The Labute approximate surface area is 81.9 Å². The van der Waals surface area contributed by atoms with Crippen molar-refractivity contribution in [3.05, 3.63) is 11.8 Å². The van der Waals surface area contributed by atoms with Gasteiger partial charge in [-0.15, -0.1) is 0 Å². The number of ketones is 2. The van der Waals surface area contributed by atoms with E-state index in [-0.39, 0.29) is 18.0 Å². The van der Waals surface area contributed by atoms with Gasteiger partial charge < -0.3 is 4.74 Å². The van der Waals surface area contributed by atoms with Crippen LogP contribution in [0, 0.1) is 5.92 Å². The molecule has 1 aliphatic heterocycles. The van der Waals surface area contributed by atoms with Crippen LogP contribution in [0.15, 0.2) is 11.8 Å². The Kier molecular flexibility index (Phi) is 3.17. The summed E-state index contributed by atoms with van der Waals surface area (Å²) in [7, 11) is 0. The molecule has 1 rings (SSSR count). The van der Waals surface area contributed by atoms with Crippen LogP contribution < -0.4 is 0 Å². The van der Waals surface area contributed by atoms with Gasteiger partial charge in [0.25, 0.3) is 0 Å². The highest BCUT2D eigenvalue weighted by Crippen LogP contribution is 2.17. The van der Waals surface area contributed by atoms with Crippen molar-refractivity contribution in [2.45, 2.75) is 26.7 Å². The number of carbonyl (C=O) groups excluding carboxylic acids is 3. The molecule has 1 heterocycles. The van der Waals surface area contributed by atoms with Crippen LogP contribution in [-0.2, 0) is 19.1 Å². The number of ether oxygens (including phenoxy) is 1. The number of Topliss-reactive ketones (excluding diaryl/α,β-unsaturated/α-hetero) is 1. The molecule has 0 aromatic heterocycles. The normalized spacial score (nSPS) is 21.6. The standard InChI is InChI=1S/C10H12O4/c1-3-4-7(11)9-8(12)5-6(2)14-10(9)13/h5,9H,3-4H2,1-2H3. The third-order valence-electron chi connectivity index (χ3n) is 1.95. The molecule has 1 aliphatic rings. The monoisotopic (exact) mass is 196 g/mol. The summed E-state index contributed by atoms with van der Waals surface area (Å²) < 4.78 is 4.72. The number of carbonyl (C=O) groups is 3. The van der Waals surface area contributed by atoms with Crippen LogP contribution in [0.25, 0.3) is 0 Å². The minimum Gasteiger partial charge on any atom is -0.430 e. The zero-order valence-corrected chi connectivity index (χ0v) is 8.20. The van der Waals surface area contributed by atoms with Gasteiger partial charge in [-0.2, -0.15) is 0 Å². The predicted molar refractivity (Wildman–Crippen MR) is 48.3 cm³/mol. The summed E-state index contributed by atoms with van der Waals surface area (Å²) in [5, 5.41) is 0. The molecule has 0 aliphatic carbocycles. The van der Waals surface area contributed by atoms with Crippen molar-refractivity contribution in [1.82, 2.24) is 0 Å². The van der Waals surface area contributed by atoms with Gasteiger partial charge in [0.1, 0.15) is 5.76 Å². The number of hydrogen-bond acceptors (Lipinski definition) is 4. The molecule has 0 spiro atoms. The highest BCUT2D eigenvalue weighted by molar-refractivity contribution is 6.21. The number of hydrogen-bond donors (Lipinski definition) is 0. The number of rotatable bonds is 3. The zero-order chi connectivity index (χ0) is 10.7. The number of cyclic esters (lactones) is 1. The molecule has 0 fully saturated rings. The highest BCUT2D eigenvalue weighted by atomic mass is 16.5. The first-order valence-corrected chi connectivity index (χ1v) is 4.52. The van der Waals surface area contributed by atoms with Crippen LogP contribution in [0.5, 0.6) is 0 Å². The summed E-state index contributed by atoms with van der Waals surface area (Å²) in [6.07, 6.45) is 2.05. The Bertz CT molecular complexity index is 314. The van der Waals surface area contributed by atoms with Crippen LogP contribution in [0.4, 0.5) is 0 Å². The molecular formula is C10H12O4. The minimum absolute atomic E-state index is 0.235. The van der Waals surface area contributed by atoms with E-state index in [0.29, 0.717) is 6.42 Å². The van der Waals surface area contributed by atoms with E-state index in [0.717, 1.165) is 0 Å². The van der Waals surface area contributed by atoms with Crippen LogP contribution in [0.3, 0.4) is 0 Å². The van der Waals surface area contributed by atoms with E-state index in [1.807, 2.05) is 6.92 Å². The quantitative estimate of drug-likeness (QED) is 0.499. The third-order valence-corrected chi connectivity index (χ3v) is 1.95. The van der Waals surface area contributed by atoms with Gasteiger partial charge in [-0.3, -0.25) is 14.4 Å². The maximum absolute atomic E-state index is 11.4. The lowest BCUT2D eigenvalue weighted by molar-refractivity contribution is -0.152. The first-order chi connectivity index (χ1) is 6.56. The van der Waals surface area contributed by atoms with Crippen LogP contribution >= 0.6 is 0 Å². The maximum atomic E-state index is 11.4. The fourth-order valence-corrected chi connectivity index (χ4v) is 1.33. The molecule has 0 aromatic rings. The molecule has 0 aromatic carbocycles. The molecule has 1 unspecified atom stereocenters. The van der Waals surface area contributed by atoms with Crippen molar-refractivity contribution < 1.29 is 19.1 Å². The first kappa shape index (κ1) is 10.6. The minimum atomic E-state index is -1.22. The fraction of sp³-hybridized carbons (Fsp3) is 0.500. The second-order valence-electron chi connectivity index (χ2n) is 3.23. The van der Waals surface area contributed by atoms with E-state index in [4.69, 9.17) is 4.74 Å². The molecule has 14 heavy (non-hydrogen) atoms. The van der Waals surface area contributed by atoms with Crippen molar-refractivity contribution in [3.63, 3.8) is 0 Å². The average Bonchev–Trinajstić information content (AvgIpc) is 2.01. The Morgan fingerprint density at radius 2 is 2.14 bits per heavy atom. The van der Waals surface area contributed by atoms with Crippen LogP contribution in [0.2, 0.25) is 0 Å². The van der Waals surface area contributed by atoms with E-state index in [2.05, 4.69) is 0 Å². The van der Waals surface area contributed by atoms with E-state index >= 15 is 0 Å². The Morgan fingerprint density at radius 3 is 2.64 bits per heavy atom. The van der Waals surface area contributed by atoms with Gasteiger partial charge in [-0.05, 0) is 13.3 Å². The van der Waals surface area contributed by atoms with Gasteiger partial charge in [0.05, 0.1) is 0 Å². The largest absolute Gasteiger partial charge is 0.430 e. The first-order valence-electron chi connectivity index (χ1n) is 4.52. The Morgan fingerprint density at radius 1 is 1.50 bits per heavy atom. The molecule has 0 bridgehead atoms. The van der Waals surface area contributed by atoms with Gasteiger partial charge in [0.2, 0.25) is 0 Å². The number of allylic oxidation sites excluding steroid dienone is 2. The lowest BCUT2D eigenvalue weighted by atomic mass is 9.94. The van der Waals surface area contributed by atoms with E-state index in [1.165, 1.54) is 13.0 Å². The summed E-state index contributed by atoms with van der Waals surface area (Å²) in [6, 6.07) is 0. The summed E-state index contributed by atoms with van der Waals surface area (Å²) in [5.41, 5.74) is 0. The zero-order valence-electron chi connectivity index (χ0n) is 8.20. The summed E-state index contributed by atoms with van der Waals surface area (Å²) in [6.45, 7) is 3.33. The molecule has 0 N–H and O–H groups in total. The molecular weight excluding hydrogens is 184 g/mol. The average molecular weight is 196 g/mol. The molecule has 1 atom stereocenters. The van der Waals surface area contributed by atoms with Crippen molar-refractivity contribution in [3.8, 4) is 0 Å². The van der Waals surface area contributed by atoms with Crippen molar-refractivity contribution in [1.29, 1.82) is 0 Å². The molecule has 0 radical (unpaired) electrons. The molecule has 0 saturated heterocycles. The van der Waals surface area contributed by atoms with Crippen molar-refractivity contribution >= 4 is 17.5 Å². The van der Waals surface area contributed by atoms with Gasteiger partial charge in [-0.25, -0.2) is 0 Å². The lowest BCUT2D eigenvalue weighted by Crippen LogP contribution is -2.35. The second kappa shape index (κ2) is 4.17. The summed E-state index contributed by atoms with van der Waals surface area (Å²) in [4.78, 5) is 33.9. The molecule has 4 heteroatoms. The highest BCUT2D eigenvalue weighted by Gasteiger charge is 2.36. The second-order valence-corrected chi connectivity index (χ2v) is 3.23. The van der Waals surface area contributed by atoms with Gasteiger partial charge in [-0.1, -0.05) is 6.92 Å². The smallest absolute Gasteiger partial charge is 0.329 e.